The summed E-state index contributed by atoms with van der Waals surface area (Å²) in [5, 5.41) is 4.52. The second kappa shape index (κ2) is 11.8. The van der Waals surface area contributed by atoms with Crippen LogP contribution < -0.4 is 10.5 Å². The van der Waals surface area contributed by atoms with E-state index in [2.05, 4.69) is 10.00 Å². The number of nitrogens with zero attached hydrogens (tertiary/aromatic N) is 4. The molecule has 214 valence electrons. The lowest BCUT2D eigenvalue weighted by Crippen LogP contribution is -2.49. The predicted octanol–water partition coefficient (Wildman–Crippen LogP) is 5.58. The number of anilines is 1. The Morgan fingerprint density at radius 2 is 1.29 bits per heavy atom. The minimum Gasteiger partial charge on any atom is -0.367 e. The molecule has 1 saturated heterocycles. The molecule has 4 aromatic rings. The van der Waals surface area contributed by atoms with Crippen molar-refractivity contribution in [1.29, 1.82) is 0 Å². The third kappa shape index (κ3) is 5.58. The molecule has 3 aromatic carbocycles. The first-order chi connectivity index (χ1) is 19.6. The van der Waals surface area contributed by atoms with Crippen molar-refractivity contribution < 1.29 is 8.42 Å². The summed E-state index contributed by atoms with van der Waals surface area (Å²) >= 11 is 1.49. The van der Waals surface area contributed by atoms with Crippen molar-refractivity contribution in [3.05, 3.63) is 111 Å². The number of aromatic nitrogens is 2. The lowest BCUT2D eigenvalue weighted by atomic mass is 9.95. The summed E-state index contributed by atoms with van der Waals surface area (Å²) in [7, 11) is -3.68. The van der Waals surface area contributed by atoms with Crippen molar-refractivity contribution in [2.75, 3.05) is 31.1 Å². The van der Waals surface area contributed by atoms with Crippen molar-refractivity contribution in [3.63, 3.8) is 0 Å². The van der Waals surface area contributed by atoms with Gasteiger partial charge in [-0.25, -0.2) is 8.42 Å². The molecule has 1 aliphatic rings. The molecule has 0 amide bonds. The van der Waals surface area contributed by atoms with Gasteiger partial charge in [0, 0.05) is 31.9 Å². The minimum atomic E-state index is -3.68. The zero-order valence-corrected chi connectivity index (χ0v) is 25.8. The molecule has 0 spiro atoms. The van der Waals surface area contributed by atoms with Crippen LogP contribution in [0.2, 0.25) is 0 Å². The molecular formula is C32H36N4O3S2. The van der Waals surface area contributed by atoms with E-state index in [-0.39, 0.29) is 5.56 Å². The normalized spacial score (nSPS) is 14.4. The van der Waals surface area contributed by atoms with Crippen LogP contribution in [0.3, 0.4) is 0 Å². The SMILES string of the molecule is Cc1c(C)c(C)c(S(=O)(=O)N2CCN(c3cnn(-c4ccccc4)c(=O)c3SCc3ccccc3)CC2)c(C)c1C. The van der Waals surface area contributed by atoms with Gasteiger partial charge in [-0.1, -0.05) is 48.5 Å². The van der Waals surface area contributed by atoms with Crippen LogP contribution in [0.5, 0.6) is 0 Å². The monoisotopic (exact) mass is 588 g/mol. The fraction of sp³-hybridized carbons (Fsp3) is 0.312. The standard InChI is InChI=1S/C32H36N4O3S2/c1-22-23(2)25(4)31(26(5)24(22)3)41(38,39)35-18-16-34(17-19-35)29-20-33-36(28-14-10-7-11-15-28)32(37)30(29)40-21-27-12-8-6-9-13-27/h6-15,20H,16-19,21H2,1-5H3. The first-order valence-electron chi connectivity index (χ1n) is 13.8. The first-order valence-corrected chi connectivity index (χ1v) is 16.2. The average Bonchev–Trinajstić information content (AvgIpc) is 2.99. The molecular weight excluding hydrogens is 553 g/mol. The van der Waals surface area contributed by atoms with Crippen LogP contribution in [0.4, 0.5) is 5.69 Å². The predicted molar refractivity (Wildman–Crippen MR) is 167 cm³/mol. The van der Waals surface area contributed by atoms with Crippen LogP contribution in [0, 0.1) is 34.6 Å². The number of rotatable bonds is 7. The van der Waals surface area contributed by atoms with E-state index >= 15 is 0 Å². The highest BCUT2D eigenvalue weighted by Gasteiger charge is 2.33. The lowest BCUT2D eigenvalue weighted by molar-refractivity contribution is 0.383. The van der Waals surface area contributed by atoms with Gasteiger partial charge in [-0.05, 0) is 80.1 Å². The lowest BCUT2D eigenvalue weighted by Gasteiger charge is -2.36. The fourth-order valence-corrected chi connectivity index (χ4v) is 8.45. The van der Waals surface area contributed by atoms with Gasteiger partial charge in [0.15, 0.2) is 0 Å². The Morgan fingerprint density at radius 3 is 1.88 bits per heavy atom. The number of para-hydroxylation sites is 1. The van der Waals surface area contributed by atoms with Crippen LogP contribution in [-0.2, 0) is 15.8 Å². The van der Waals surface area contributed by atoms with E-state index < -0.39 is 10.0 Å². The average molecular weight is 589 g/mol. The summed E-state index contributed by atoms with van der Waals surface area (Å²) in [5.41, 5.74) is 7.22. The zero-order chi connectivity index (χ0) is 29.3. The van der Waals surface area contributed by atoms with E-state index in [0.29, 0.717) is 47.4 Å². The van der Waals surface area contributed by atoms with Gasteiger partial charge >= 0.3 is 0 Å². The molecule has 0 aliphatic carbocycles. The Balaban J connectivity index is 1.44. The number of sulfonamides is 1. The smallest absolute Gasteiger partial charge is 0.287 e. The molecule has 0 saturated carbocycles. The number of benzene rings is 3. The van der Waals surface area contributed by atoms with Crippen LogP contribution in [-0.4, -0.2) is 48.7 Å². The van der Waals surface area contributed by atoms with Crippen molar-refractivity contribution in [2.24, 2.45) is 0 Å². The minimum absolute atomic E-state index is 0.179. The second-order valence-electron chi connectivity index (χ2n) is 10.5. The topological polar surface area (TPSA) is 75.5 Å². The molecule has 0 N–H and O–H groups in total. The Hall–Kier alpha value is -3.40. The van der Waals surface area contributed by atoms with Crippen molar-refractivity contribution in [2.45, 2.75) is 50.2 Å². The van der Waals surface area contributed by atoms with Crippen LogP contribution >= 0.6 is 11.8 Å². The van der Waals surface area contributed by atoms with Crippen molar-refractivity contribution >= 4 is 27.5 Å². The molecule has 0 atom stereocenters. The Bertz CT molecular complexity index is 1700. The van der Waals surface area contributed by atoms with E-state index in [1.165, 1.54) is 16.4 Å². The molecule has 2 heterocycles. The summed E-state index contributed by atoms with van der Waals surface area (Å²) in [6.45, 7) is 11.4. The third-order valence-electron chi connectivity index (χ3n) is 8.25. The highest BCUT2D eigenvalue weighted by Crippen LogP contribution is 2.34. The van der Waals surface area contributed by atoms with Gasteiger partial charge in [0.2, 0.25) is 10.0 Å². The van der Waals surface area contributed by atoms with Gasteiger partial charge in [0.25, 0.3) is 5.56 Å². The fourth-order valence-electron chi connectivity index (χ4n) is 5.42. The number of hydrogen-bond donors (Lipinski definition) is 0. The molecule has 1 aliphatic heterocycles. The summed E-state index contributed by atoms with van der Waals surface area (Å²) < 4.78 is 30.8. The molecule has 0 bridgehead atoms. The highest BCUT2D eigenvalue weighted by molar-refractivity contribution is 7.98. The van der Waals surface area contributed by atoms with E-state index in [0.717, 1.165) is 39.1 Å². The first kappa shape index (κ1) is 29.1. The number of piperazine rings is 1. The van der Waals surface area contributed by atoms with Crippen molar-refractivity contribution in [3.8, 4) is 5.69 Å². The number of thioether (sulfide) groups is 1. The molecule has 0 radical (unpaired) electrons. The quantitative estimate of drug-likeness (QED) is 0.263. The van der Waals surface area contributed by atoms with E-state index in [9.17, 15) is 13.2 Å². The summed E-state index contributed by atoms with van der Waals surface area (Å²) in [5.74, 6) is 0.640. The summed E-state index contributed by atoms with van der Waals surface area (Å²) in [4.78, 5) is 16.9. The third-order valence-corrected chi connectivity index (χ3v) is 11.6. The van der Waals surface area contributed by atoms with Gasteiger partial charge in [0.1, 0.15) is 4.90 Å². The second-order valence-corrected chi connectivity index (χ2v) is 13.4. The Labute approximate surface area is 246 Å². The van der Waals surface area contributed by atoms with Crippen LogP contribution in [0.1, 0.15) is 33.4 Å². The maximum Gasteiger partial charge on any atom is 0.287 e. The molecule has 1 fully saturated rings. The molecule has 7 nitrogen and oxygen atoms in total. The van der Waals surface area contributed by atoms with Gasteiger partial charge in [0.05, 0.1) is 22.5 Å². The van der Waals surface area contributed by atoms with Gasteiger partial charge in [-0.2, -0.15) is 14.1 Å². The van der Waals surface area contributed by atoms with Crippen molar-refractivity contribution in [1.82, 2.24) is 14.1 Å². The molecule has 9 heteroatoms. The maximum absolute atomic E-state index is 13.9. The van der Waals surface area contributed by atoms with Crippen LogP contribution in [0.15, 0.2) is 81.4 Å². The highest BCUT2D eigenvalue weighted by atomic mass is 32.2. The number of hydrogen-bond acceptors (Lipinski definition) is 6. The van der Waals surface area contributed by atoms with E-state index in [1.54, 1.807) is 10.5 Å². The largest absolute Gasteiger partial charge is 0.367 e. The molecule has 41 heavy (non-hydrogen) atoms. The zero-order valence-electron chi connectivity index (χ0n) is 24.2. The Morgan fingerprint density at radius 1 is 0.756 bits per heavy atom. The molecule has 5 rings (SSSR count). The molecule has 0 unspecified atom stereocenters. The van der Waals surface area contributed by atoms with E-state index in [4.69, 9.17) is 0 Å². The van der Waals surface area contributed by atoms with Gasteiger partial charge in [-0.3, -0.25) is 4.79 Å². The molecule has 1 aromatic heterocycles. The van der Waals surface area contributed by atoms with Crippen LogP contribution in [0.25, 0.3) is 5.69 Å². The Kier molecular flexibility index (Phi) is 8.40. The van der Waals surface area contributed by atoms with Gasteiger partial charge in [-0.15, -0.1) is 11.8 Å². The maximum atomic E-state index is 13.9. The van der Waals surface area contributed by atoms with E-state index in [1.807, 2.05) is 95.3 Å². The van der Waals surface area contributed by atoms with Gasteiger partial charge < -0.3 is 4.90 Å². The summed E-state index contributed by atoms with van der Waals surface area (Å²) in [6.07, 6.45) is 1.74. The summed E-state index contributed by atoms with van der Waals surface area (Å²) in [6, 6.07) is 19.5.